The minimum atomic E-state index is -0.665. The summed E-state index contributed by atoms with van der Waals surface area (Å²) in [6.07, 6.45) is 9.92. The van der Waals surface area contributed by atoms with E-state index in [1.807, 2.05) is 50.1 Å². The van der Waals surface area contributed by atoms with E-state index in [0.717, 1.165) is 16.7 Å². The Balaban J connectivity index is 1.58. The van der Waals surface area contributed by atoms with Gasteiger partial charge in [0.2, 0.25) is 11.8 Å². The highest BCUT2D eigenvalue weighted by Crippen LogP contribution is 2.36. The lowest BCUT2D eigenvalue weighted by molar-refractivity contribution is -0.135. The van der Waals surface area contributed by atoms with E-state index in [1.54, 1.807) is 29.5 Å². The van der Waals surface area contributed by atoms with Crippen LogP contribution in [0, 0.1) is 5.41 Å². The summed E-state index contributed by atoms with van der Waals surface area (Å²) in [5.41, 5.74) is 2.52. The van der Waals surface area contributed by atoms with Crippen LogP contribution in [-0.2, 0) is 16.0 Å². The van der Waals surface area contributed by atoms with Gasteiger partial charge in [0.25, 0.3) is 0 Å². The molecule has 7 heteroatoms. The van der Waals surface area contributed by atoms with Gasteiger partial charge in [-0.15, -0.1) is 0 Å². The standard InChI is InChI=1S/C26H31N5O2/c1-19(2)29-25(33)26(9-12-30(17-26)24(32)20(3)31-13-11-28-18-31)15-21-6-4-7-22(14-21)23-8-5-10-27-16-23/h4-8,10-11,13-14,16,18-20H,9,12,15,17H2,1-3H3,(H,29,33)/t20-,26+/m0/s1. The summed E-state index contributed by atoms with van der Waals surface area (Å²) >= 11 is 0. The molecule has 2 amide bonds. The van der Waals surface area contributed by atoms with Crippen molar-refractivity contribution in [2.24, 2.45) is 5.41 Å². The molecule has 172 valence electrons. The number of nitrogens with zero attached hydrogens (tertiary/aromatic N) is 4. The molecule has 1 saturated heterocycles. The summed E-state index contributed by atoms with van der Waals surface area (Å²) in [7, 11) is 0. The first kappa shape index (κ1) is 22.7. The molecule has 3 aromatic rings. The fraction of sp³-hybridized carbons (Fsp3) is 0.385. The topological polar surface area (TPSA) is 80.1 Å². The third-order valence-corrected chi connectivity index (χ3v) is 6.36. The molecule has 0 unspecified atom stereocenters. The van der Waals surface area contributed by atoms with Crippen molar-refractivity contribution in [3.63, 3.8) is 0 Å². The largest absolute Gasteiger partial charge is 0.353 e. The normalized spacial score (nSPS) is 19.0. The van der Waals surface area contributed by atoms with Gasteiger partial charge in [-0.2, -0.15) is 0 Å². The number of amides is 2. The average molecular weight is 446 g/mol. The molecule has 1 aromatic carbocycles. The van der Waals surface area contributed by atoms with Gasteiger partial charge in [0, 0.05) is 43.9 Å². The molecule has 1 fully saturated rings. The maximum Gasteiger partial charge on any atom is 0.245 e. The molecule has 0 spiro atoms. The molecule has 4 rings (SSSR count). The Hall–Kier alpha value is -3.48. The zero-order valence-electron chi connectivity index (χ0n) is 19.4. The van der Waals surface area contributed by atoms with Crippen LogP contribution in [0.4, 0.5) is 0 Å². The molecular formula is C26H31N5O2. The number of likely N-dealkylation sites (tertiary alicyclic amines) is 1. The van der Waals surface area contributed by atoms with Gasteiger partial charge in [-0.1, -0.05) is 30.3 Å². The zero-order chi connectivity index (χ0) is 23.4. The lowest BCUT2D eigenvalue weighted by Crippen LogP contribution is -2.47. The minimum absolute atomic E-state index is 0.00913. The van der Waals surface area contributed by atoms with E-state index in [0.29, 0.717) is 25.9 Å². The minimum Gasteiger partial charge on any atom is -0.353 e. The van der Waals surface area contributed by atoms with Crippen molar-refractivity contribution >= 4 is 11.8 Å². The van der Waals surface area contributed by atoms with Crippen LogP contribution in [0.3, 0.4) is 0 Å². The van der Waals surface area contributed by atoms with E-state index in [-0.39, 0.29) is 23.9 Å². The van der Waals surface area contributed by atoms with E-state index in [4.69, 9.17) is 0 Å². The van der Waals surface area contributed by atoms with E-state index in [9.17, 15) is 9.59 Å². The number of carbonyl (C=O) groups excluding carboxylic acids is 2. The second-order valence-electron chi connectivity index (χ2n) is 9.22. The van der Waals surface area contributed by atoms with Crippen LogP contribution in [0.1, 0.15) is 38.8 Å². The van der Waals surface area contributed by atoms with Gasteiger partial charge in [-0.25, -0.2) is 4.98 Å². The Morgan fingerprint density at radius 2 is 1.91 bits per heavy atom. The van der Waals surface area contributed by atoms with Crippen LogP contribution in [0.25, 0.3) is 11.1 Å². The number of hydrogen-bond donors (Lipinski definition) is 1. The molecule has 2 atom stereocenters. The van der Waals surface area contributed by atoms with Gasteiger partial charge < -0.3 is 14.8 Å². The predicted octanol–water partition coefficient (Wildman–Crippen LogP) is 3.49. The average Bonchev–Trinajstić information content (AvgIpc) is 3.50. The van der Waals surface area contributed by atoms with Crippen LogP contribution in [-0.4, -0.2) is 50.4 Å². The third kappa shape index (κ3) is 4.97. The van der Waals surface area contributed by atoms with Crippen LogP contribution in [0.5, 0.6) is 0 Å². The first-order valence-electron chi connectivity index (χ1n) is 11.4. The number of rotatable bonds is 7. The Kier molecular flexibility index (Phi) is 6.58. The van der Waals surface area contributed by atoms with Crippen molar-refractivity contribution < 1.29 is 9.59 Å². The molecule has 0 bridgehead atoms. The molecule has 1 N–H and O–H groups in total. The monoisotopic (exact) mass is 445 g/mol. The van der Waals surface area contributed by atoms with Crippen molar-refractivity contribution in [1.29, 1.82) is 0 Å². The molecular weight excluding hydrogens is 414 g/mol. The van der Waals surface area contributed by atoms with Gasteiger partial charge in [0.1, 0.15) is 6.04 Å². The molecule has 2 aromatic heterocycles. The third-order valence-electron chi connectivity index (χ3n) is 6.36. The summed E-state index contributed by atoms with van der Waals surface area (Å²) in [4.78, 5) is 36.7. The van der Waals surface area contributed by atoms with E-state index < -0.39 is 5.41 Å². The zero-order valence-corrected chi connectivity index (χ0v) is 19.4. The molecule has 0 saturated carbocycles. The van der Waals surface area contributed by atoms with E-state index >= 15 is 0 Å². The first-order valence-corrected chi connectivity index (χ1v) is 11.4. The number of aromatic nitrogens is 3. The highest BCUT2D eigenvalue weighted by Gasteiger charge is 2.46. The smallest absolute Gasteiger partial charge is 0.245 e. The molecule has 0 aliphatic carbocycles. The van der Waals surface area contributed by atoms with Gasteiger partial charge in [-0.3, -0.25) is 14.6 Å². The Bertz CT molecular complexity index is 1100. The molecule has 1 aliphatic heterocycles. The van der Waals surface area contributed by atoms with Crippen molar-refractivity contribution in [3.05, 3.63) is 73.1 Å². The Labute approximate surface area is 194 Å². The van der Waals surface area contributed by atoms with Crippen molar-refractivity contribution in [3.8, 4) is 11.1 Å². The second kappa shape index (κ2) is 9.57. The summed E-state index contributed by atoms with van der Waals surface area (Å²) < 4.78 is 1.80. The molecule has 7 nitrogen and oxygen atoms in total. The molecule has 1 aliphatic rings. The van der Waals surface area contributed by atoms with Gasteiger partial charge in [0.15, 0.2) is 0 Å². The summed E-state index contributed by atoms with van der Waals surface area (Å²) in [6, 6.07) is 11.9. The van der Waals surface area contributed by atoms with Crippen LogP contribution < -0.4 is 5.32 Å². The van der Waals surface area contributed by atoms with Crippen molar-refractivity contribution in [1.82, 2.24) is 24.8 Å². The van der Waals surface area contributed by atoms with E-state index in [2.05, 4.69) is 33.5 Å². The summed E-state index contributed by atoms with van der Waals surface area (Å²) in [5, 5.41) is 3.11. The second-order valence-corrected chi connectivity index (χ2v) is 9.22. The van der Waals surface area contributed by atoms with Crippen molar-refractivity contribution in [2.75, 3.05) is 13.1 Å². The van der Waals surface area contributed by atoms with Crippen LogP contribution in [0.15, 0.2) is 67.5 Å². The van der Waals surface area contributed by atoms with Gasteiger partial charge >= 0.3 is 0 Å². The Morgan fingerprint density at radius 1 is 1.09 bits per heavy atom. The Morgan fingerprint density at radius 3 is 2.61 bits per heavy atom. The maximum absolute atomic E-state index is 13.4. The number of nitrogens with one attached hydrogen (secondary N) is 1. The van der Waals surface area contributed by atoms with Gasteiger partial charge in [-0.05, 0) is 56.4 Å². The van der Waals surface area contributed by atoms with Crippen LogP contribution in [0.2, 0.25) is 0 Å². The highest BCUT2D eigenvalue weighted by atomic mass is 16.2. The van der Waals surface area contributed by atoms with E-state index in [1.165, 1.54) is 0 Å². The summed E-state index contributed by atoms with van der Waals surface area (Å²) in [5.74, 6) is 0.0196. The molecule has 33 heavy (non-hydrogen) atoms. The fourth-order valence-electron chi connectivity index (χ4n) is 4.56. The first-order chi connectivity index (χ1) is 15.9. The SMILES string of the molecule is CC(C)NC(=O)[C@@]1(Cc2cccc(-c3cccnc3)c2)CCN(C(=O)[C@H](C)n2ccnc2)C1. The number of pyridine rings is 1. The van der Waals surface area contributed by atoms with Crippen molar-refractivity contribution in [2.45, 2.75) is 45.7 Å². The fourth-order valence-corrected chi connectivity index (χ4v) is 4.56. The lowest BCUT2D eigenvalue weighted by Gasteiger charge is -2.30. The lowest BCUT2D eigenvalue weighted by atomic mass is 9.79. The predicted molar refractivity (Wildman–Crippen MR) is 127 cm³/mol. The molecule has 3 heterocycles. The summed E-state index contributed by atoms with van der Waals surface area (Å²) in [6.45, 7) is 6.77. The quantitative estimate of drug-likeness (QED) is 0.604. The van der Waals surface area contributed by atoms with Crippen LogP contribution >= 0.6 is 0 Å². The molecule has 0 radical (unpaired) electrons. The number of imidazole rings is 1. The van der Waals surface area contributed by atoms with Gasteiger partial charge in [0.05, 0.1) is 11.7 Å². The number of carbonyl (C=O) groups is 2. The number of hydrogen-bond acceptors (Lipinski definition) is 4. The number of benzene rings is 1. The maximum atomic E-state index is 13.4. The highest BCUT2D eigenvalue weighted by molar-refractivity contribution is 5.87.